The second kappa shape index (κ2) is 3.02. The van der Waals surface area contributed by atoms with E-state index in [1.54, 1.807) is 25.2 Å². The van der Waals surface area contributed by atoms with Gasteiger partial charge < -0.3 is 5.32 Å². The number of nitrogens with zero attached hydrogens (tertiary/aromatic N) is 1. The van der Waals surface area contributed by atoms with Crippen molar-refractivity contribution < 1.29 is 4.39 Å². The lowest BCUT2D eigenvalue weighted by Gasteiger charge is -2.01. The molecular formula is C8H7FN2. The largest absolute Gasteiger partial charge is 0.387 e. The fourth-order valence-electron chi connectivity index (χ4n) is 0.846. The molecule has 1 aromatic rings. The zero-order valence-electron chi connectivity index (χ0n) is 6.06. The van der Waals surface area contributed by atoms with Crippen LogP contribution in [0.25, 0.3) is 0 Å². The van der Waals surface area contributed by atoms with E-state index in [1.807, 2.05) is 0 Å². The molecule has 2 nitrogen and oxygen atoms in total. The van der Waals surface area contributed by atoms with Gasteiger partial charge in [0, 0.05) is 7.05 Å². The zero-order valence-corrected chi connectivity index (χ0v) is 6.06. The maximum atomic E-state index is 12.8. The molecule has 0 saturated heterocycles. The van der Waals surface area contributed by atoms with Crippen LogP contribution in [-0.4, -0.2) is 7.05 Å². The Hall–Kier alpha value is -1.56. The van der Waals surface area contributed by atoms with Gasteiger partial charge in [-0.1, -0.05) is 6.07 Å². The summed E-state index contributed by atoms with van der Waals surface area (Å²) in [5, 5.41) is 11.2. The standard InChI is InChI=1S/C8H7FN2/c1-11-8-4-2-3-7(9)6(8)5-10/h2-4,11H,1H3. The van der Waals surface area contributed by atoms with Gasteiger partial charge in [-0.05, 0) is 12.1 Å². The lowest BCUT2D eigenvalue weighted by Crippen LogP contribution is -1.94. The smallest absolute Gasteiger partial charge is 0.143 e. The second-order valence-corrected chi connectivity index (χ2v) is 2.02. The van der Waals surface area contributed by atoms with E-state index in [2.05, 4.69) is 5.32 Å². The molecule has 0 saturated carbocycles. The predicted octanol–water partition coefficient (Wildman–Crippen LogP) is 1.74. The van der Waals surface area contributed by atoms with Gasteiger partial charge in [-0.25, -0.2) is 4.39 Å². The number of hydrogen-bond donors (Lipinski definition) is 1. The van der Waals surface area contributed by atoms with Gasteiger partial charge in [0.25, 0.3) is 0 Å². The summed E-state index contributed by atoms with van der Waals surface area (Å²) in [4.78, 5) is 0. The van der Waals surface area contributed by atoms with Crippen molar-refractivity contribution in [2.24, 2.45) is 0 Å². The molecule has 0 heterocycles. The van der Waals surface area contributed by atoms with Crippen LogP contribution in [0.2, 0.25) is 0 Å². The van der Waals surface area contributed by atoms with Gasteiger partial charge in [0.05, 0.1) is 5.69 Å². The zero-order chi connectivity index (χ0) is 8.27. The first-order valence-corrected chi connectivity index (χ1v) is 3.16. The molecule has 1 rings (SSSR count). The molecule has 11 heavy (non-hydrogen) atoms. The van der Waals surface area contributed by atoms with Crippen LogP contribution >= 0.6 is 0 Å². The van der Waals surface area contributed by atoms with Crippen molar-refractivity contribution in [2.75, 3.05) is 12.4 Å². The summed E-state index contributed by atoms with van der Waals surface area (Å²) in [7, 11) is 1.65. The summed E-state index contributed by atoms with van der Waals surface area (Å²) in [6.07, 6.45) is 0. The Morgan fingerprint density at radius 3 is 2.73 bits per heavy atom. The summed E-state index contributed by atoms with van der Waals surface area (Å²) >= 11 is 0. The molecule has 0 amide bonds. The summed E-state index contributed by atoms with van der Waals surface area (Å²) < 4.78 is 12.8. The Morgan fingerprint density at radius 1 is 1.55 bits per heavy atom. The van der Waals surface area contributed by atoms with E-state index in [1.165, 1.54) is 6.07 Å². The minimum absolute atomic E-state index is 0.0648. The normalized spacial score (nSPS) is 8.82. The van der Waals surface area contributed by atoms with Crippen LogP contribution in [0.4, 0.5) is 10.1 Å². The Bertz CT molecular complexity index is 301. The van der Waals surface area contributed by atoms with Gasteiger partial charge >= 0.3 is 0 Å². The summed E-state index contributed by atoms with van der Waals surface area (Å²) in [5.74, 6) is -0.487. The number of benzene rings is 1. The average Bonchev–Trinajstić information content (AvgIpc) is 2.04. The van der Waals surface area contributed by atoms with Crippen LogP contribution in [0.1, 0.15) is 5.56 Å². The molecule has 0 fully saturated rings. The lowest BCUT2D eigenvalue weighted by molar-refractivity contribution is 0.624. The SMILES string of the molecule is CNc1cccc(F)c1C#N. The van der Waals surface area contributed by atoms with Crippen LogP contribution in [-0.2, 0) is 0 Å². The van der Waals surface area contributed by atoms with Gasteiger partial charge in [0.1, 0.15) is 17.4 Å². The molecule has 1 aromatic carbocycles. The fourth-order valence-corrected chi connectivity index (χ4v) is 0.846. The second-order valence-electron chi connectivity index (χ2n) is 2.02. The topological polar surface area (TPSA) is 35.8 Å². The van der Waals surface area contributed by atoms with Crippen molar-refractivity contribution in [1.82, 2.24) is 0 Å². The molecule has 0 radical (unpaired) electrons. The highest BCUT2D eigenvalue weighted by Crippen LogP contribution is 2.16. The summed E-state index contributed by atoms with van der Waals surface area (Å²) in [6.45, 7) is 0. The quantitative estimate of drug-likeness (QED) is 0.661. The highest BCUT2D eigenvalue weighted by molar-refractivity contribution is 5.57. The molecule has 0 bridgehead atoms. The molecule has 1 N–H and O–H groups in total. The Morgan fingerprint density at radius 2 is 2.27 bits per heavy atom. The van der Waals surface area contributed by atoms with Crippen molar-refractivity contribution in [3.8, 4) is 6.07 Å². The number of halogens is 1. The molecule has 3 heteroatoms. The monoisotopic (exact) mass is 150 g/mol. The number of nitriles is 1. The van der Waals surface area contributed by atoms with Crippen molar-refractivity contribution in [2.45, 2.75) is 0 Å². The van der Waals surface area contributed by atoms with Crippen LogP contribution in [0.5, 0.6) is 0 Å². The van der Waals surface area contributed by atoms with E-state index in [9.17, 15) is 4.39 Å². The highest BCUT2D eigenvalue weighted by atomic mass is 19.1. The Kier molecular flexibility index (Phi) is 2.07. The van der Waals surface area contributed by atoms with Crippen molar-refractivity contribution in [3.63, 3.8) is 0 Å². The first-order valence-electron chi connectivity index (χ1n) is 3.16. The van der Waals surface area contributed by atoms with Crippen molar-refractivity contribution in [3.05, 3.63) is 29.6 Å². The minimum atomic E-state index is -0.487. The van der Waals surface area contributed by atoms with Crippen LogP contribution < -0.4 is 5.32 Å². The molecule has 56 valence electrons. The van der Waals surface area contributed by atoms with Crippen LogP contribution in [0.15, 0.2) is 18.2 Å². The Balaban J connectivity index is 3.27. The highest BCUT2D eigenvalue weighted by Gasteiger charge is 2.04. The van der Waals surface area contributed by atoms with Crippen LogP contribution in [0.3, 0.4) is 0 Å². The predicted molar refractivity (Wildman–Crippen MR) is 40.7 cm³/mol. The molecule has 0 aliphatic carbocycles. The van der Waals surface area contributed by atoms with E-state index >= 15 is 0 Å². The molecule has 0 aliphatic rings. The van der Waals surface area contributed by atoms with Gasteiger partial charge in [0.15, 0.2) is 0 Å². The van der Waals surface area contributed by atoms with E-state index in [0.717, 1.165) is 0 Å². The average molecular weight is 150 g/mol. The minimum Gasteiger partial charge on any atom is -0.387 e. The molecule has 0 unspecified atom stereocenters. The van der Waals surface area contributed by atoms with Gasteiger partial charge in [-0.15, -0.1) is 0 Å². The lowest BCUT2D eigenvalue weighted by atomic mass is 10.2. The maximum absolute atomic E-state index is 12.8. The van der Waals surface area contributed by atoms with E-state index in [4.69, 9.17) is 5.26 Å². The van der Waals surface area contributed by atoms with Gasteiger partial charge in [0.2, 0.25) is 0 Å². The molecule has 0 atom stereocenters. The summed E-state index contributed by atoms with van der Waals surface area (Å²) in [5.41, 5.74) is 0.586. The maximum Gasteiger partial charge on any atom is 0.143 e. The molecule has 0 aliphatic heterocycles. The first-order chi connectivity index (χ1) is 5.29. The van der Waals surface area contributed by atoms with E-state index in [-0.39, 0.29) is 5.56 Å². The van der Waals surface area contributed by atoms with Gasteiger partial charge in [-0.2, -0.15) is 5.26 Å². The number of nitrogens with one attached hydrogen (secondary N) is 1. The fraction of sp³-hybridized carbons (Fsp3) is 0.125. The van der Waals surface area contributed by atoms with E-state index in [0.29, 0.717) is 5.69 Å². The third kappa shape index (κ3) is 1.30. The first kappa shape index (κ1) is 7.55. The molecule has 0 spiro atoms. The molecular weight excluding hydrogens is 143 g/mol. The van der Waals surface area contributed by atoms with Gasteiger partial charge in [-0.3, -0.25) is 0 Å². The van der Waals surface area contributed by atoms with Crippen molar-refractivity contribution in [1.29, 1.82) is 5.26 Å². The Labute approximate surface area is 64.3 Å². The van der Waals surface area contributed by atoms with Crippen molar-refractivity contribution >= 4 is 5.69 Å². The van der Waals surface area contributed by atoms with E-state index < -0.39 is 5.82 Å². The third-order valence-corrected chi connectivity index (χ3v) is 1.39. The number of hydrogen-bond acceptors (Lipinski definition) is 2. The van der Waals surface area contributed by atoms with Crippen LogP contribution in [0, 0.1) is 17.1 Å². The molecule has 0 aromatic heterocycles. The summed E-state index contributed by atoms with van der Waals surface area (Å²) in [6, 6.07) is 6.25. The number of anilines is 1. The number of rotatable bonds is 1. The third-order valence-electron chi connectivity index (χ3n) is 1.39.